The van der Waals surface area contributed by atoms with Gasteiger partial charge in [0.25, 0.3) is 0 Å². The summed E-state index contributed by atoms with van der Waals surface area (Å²) in [7, 11) is 0. The molecule has 0 N–H and O–H groups in total. The maximum Gasteiger partial charge on any atom is 0.202 e. The van der Waals surface area contributed by atoms with E-state index in [9.17, 15) is 9.59 Å². The first-order valence-electron chi connectivity index (χ1n) is 6.80. The quantitative estimate of drug-likeness (QED) is 0.844. The molecule has 0 amide bonds. The number of benzene rings is 1. The van der Waals surface area contributed by atoms with Gasteiger partial charge in [0.05, 0.1) is 5.76 Å². The molecular weight excluding hydrogens is 252 g/mol. The highest BCUT2D eigenvalue weighted by atomic mass is 16.5. The maximum absolute atomic E-state index is 12.3. The van der Waals surface area contributed by atoms with Crippen molar-refractivity contribution in [2.24, 2.45) is 0 Å². The van der Waals surface area contributed by atoms with Crippen molar-refractivity contribution in [3.8, 4) is 0 Å². The molecule has 0 aromatic heterocycles. The van der Waals surface area contributed by atoms with Crippen LogP contribution in [0.1, 0.15) is 44.2 Å². The Labute approximate surface area is 119 Å². The van der Waals surface area contributed by atoms with E-state index in [0.29, 0.717) is 12.2 Å². The summed E-state index contributed by atoms with van der Waals surface area (Å²) in [4.78, 5) is 23.9. The van der Waals surface area contributed by atoms with Crippen molar-refractivity contribution >= 4 is 11.6 Å². The molecule has 1 aliphatic heterocycles. The Morgan fingerprint density at radius 3 is 2.55 bits per heavy atom. The number of hydrogen-bond acceptors (Lipinski definition) is 3. The Hall–Kier alpha value is -1.90. The summed E-state index contributed by atoms with van der Waals surface area (Å²) < 4.78 is 5.78. The SMILES string of the molecule is CC(=O)C[C@H](c1cccc(C)c1)[C@@]1(C)OC(C)=CC1=O. The van der Waals surface area contributed by atoms with Crippen LogP contribution in [0.15, 0.2) is 36.1 Å². The molecule has 2 rings (SSSR count). The molecule has 106 valence electrons. The number of ether oxygens (including phenoxy) is 1. The van der Waals surface area contributed by atoms with Gasteiger partial charge in [-0.15, -0.1) is 0 Å². The number of ketones is 2. The van der Waals surface area contributed by atoms with Crippen LogP contribution in [0.25, 0.3) is 0 Å². The Kier molecular flexibility index (Phi) is 3.80. The normalized spacial score (nSPS) is 23.2. The highest BCUT2D eigenvalue weighted by molar-refractivity contribution is 6.00. The van der Waals surface area contributed by atoms with Crippen molar-refractivity contribution in [1.82, 2.24) is 0 Å². The summed E-state index contributed by atoms with van der Waals surface area (Å²) in [6.45, 7) is 7.09. The summed E-state index contributed by atoms with van der Waals surface area (Å²) in [6.07, 6.45) is 1.82. The van der Waals surface area contributed by atoms with E-state index in [4.69, 9.17) is 4.74 Å². The molecule has 3 nitrogen and oxygen atoms in total. The molecule has 1 heterocycles. The van der Waals surface area contributed by atoms with Crippen molar-refractivity contribution in [3.63, 3.8) is 0 Å². The van der Waals surface area contributed by atoms with E-state index < -0.39 is 5.60 Å². The van der Waals surface area contributed by atoms with Crippen LogP contribution in [0.3, 0.4) is 0 Å². The monoisotopic (exact) mass is 272 g/mol. The van der Waals surface area contributed by atoms with Crippen LogP contribution in [0, 0.1) is 6.92 Å². The first-order chi connectivity index (χ1) is 9.33. The molecule has 0 radical (unpaired) electrons. The van der Waals surface area contributed by atoms with Gasteiger partial charge in [-0.1, -0.05) is 29.8 Å². The lowest BCUT2D eigenvalue weighted by atomic mass is 9.77. The van der Waals surface area contributed by atoms with Gasteiger partial charge in [-0.3, -0.25) is 4.79 Å². The van der Waals surface area contributed by atoms with E-state index in [-0.39, 0.29) is 17.5 Å². The fraction of sp³-hybridized carbons (Fsp3) is 0.412. The summed E-state index contributed by atoms with van der Waals surface area (Å²) >= 11 is 0. The van der Waals surface area contributed by atoms with Crippen LogP contribution >= 0.6 is 0 Å². The van der Waals surface area contributed by atoms with Gasteiger partial charge in [0, 0.05) is 18.4 Å². The van der Waals surface area contributed by atoms with E-state index in [2.05, 4.69) is 0 Å². The third-order valence-electron chi connectivity index (χ3n) is 3.80. The van der Waals surface area contributed by atoms with Crippen molar-refractivity contribution in [3.05, 3.63) is 47.2 Å². The molecule has 0 aliphatic carbocycles. The second-order valence-corrected chi connectivity index (χ2v) is 5.70. The first-order valence-corrected chi connectivity index (χ1v) is 6.80. The Balaban J connectivity index is 2.44. The van der Waals surface area contributed by atoms with Gasteiger partial charge in [-0.2, -0.15) is 0 Å². The standard InChI is InChI=1S/C17H20O3/c1-11-6-5-7-14(8-11)15(9-12(2)18)17(4)16(19)10-13(3)20-17/h5-8,10,15H,9H2,1-4H3/t15-,17-/m1/s1. The van der Waals surface area contributed by atoms with Gasteiger partial charge in [-0.25, -0.2) is 0 Å². The molecule has 0 saturated carbocycles. The zero-order valence-corrected chi connectivity index (χ0v) is 12.4. The number of Topliss-reactive ketones (excluding diaryl/α,β-unsaturated/α-hetero) is 1. The molecule has 1 aromatic carbocycles. The van der Waals surface area contributed by atoms with Gasteiger partial charge >= 0.3 is 0 Å². The zero-order valence-electron chi connectivity index (χ0n) is 12.4. The van der Waals surface area contributed by atoms with Crippen molar-refractivity contribution in [2.45, 2.75) is 45.6 Å². The minimum Gasteiger partial charge on any atom is -0.483 e. The summed E-state index contributed by atoms with van der Waals surface area (Å²) in [5, 5.41) is 0. The average Bonchev–Trinajstić information content (AvgIpc) is 2.60. The van der Waals surface area contributed by atoms with Gasteiger partial charge in [0.2, 0.25) is 5.78 Å². The Morgan fingerprint density at radius 2 is 2.05 bits per heavy atom. The number of rotatable bonds is 4. The third kappa shape index (κ3) is 2.67. The Morgan fingerprint density at radius 1 is 1.35 bits per heavy atom. The van der Waals surface area contributed by atoms with Crippen molar-refractivity contribution in [2.75, 3.05) is 0 Å². The number of aryl methyl sites for hydroxylation is 1. The molecule has 0 bridgehead atoms. The molecule has 0 unspecified atom stereocenters. The van der Waals surface area contributed by atoms with Crippen LogP contribution in [0.5, 0.6) is 0 Å². The van der Waals surface area contributed by atoms with E-state index in [1.165, 1.54) is 6.08 Å². The fourth-order valence-electron chi connectivity index (χ4n) is 2.79. The largest absolute Gasteiger partial charge is 0.483 e. The average molecular weight is 272 g/mol. The van der Waals surface area contributed by atoms with Crippen LogP contribution in [0.4, 0.5) is 0 Å². The topological polar surface area (TPSA) is 43.4 Å². The van der Waals surface area contributed by atoms with Crippen LogP contribution in [-0.2, 0) is 14.3 Å². The summed E-state index contributed by atoms with van der Waals surface area (Å²) in [6, 6.07) is 7.91. The summed E-state index contributed by atoms with van der Waals surface area (Å²) in [5.41, 5.74) is 1.10. The van der Waals surface area contributed by atoms with Crippen molar-refractivity contribution in [1.29, 1.82) is 0 Å². The van der Waals surface area contributed by atoms with Crippen LogP contribution in [-0.4, -0.2) is 17.2 Å². The van der Waals surface area contributed by atoms with Gasteiger partial charge in [-0.05, 0) is 33.3 Å². The molecule has 0 saturated heterocycles. The smallest absolute Gasteiger partial charge is 0.202 e. The minimum absolute atomic E-state index is 0.0543. The lowest BCUT2D eigenvalue weighted by Crippen LogP contribution is -2.40. The Bertz CT molecular complexity index is 586. The number of carbonyl (C=O) groups excluding carboxylic acids is 2. The molecule has 1 aromatic rings. The number of allylic oxidation sites excluding steroid dienone is 1. The van der Waals surface area contributed by atoms with Gasteiger partial charge in [0.15, 0.2) is 5.60 Å². The van der Waals surface area contributed by atoms with E-state index in [1.54, 1.807) is 20.8 Å². The van der Waals surface area contributed by atoms with Crippen LogP contribution < -0.4 is 0 Å². The molecule has 3 heteroatoms. The number of carbonyl (C=O) groups is 2. The minimum atomic E-state index is -0.983. The number of hydrogen-bond donors (Lipinski definition) is 0. The van der Waals surface area contributed by atoms with E-state index in [0.717, 1.165) is 11.1 Å². The molecule has 0 fully saturated rings. The van der Waals surface area contributed by atoms with E-state index in [1.807, 2.05) is 31.2 Å². The second kappa shape index (κ2) is 5.23. The highest BCUT2D eigenvalue weighted by Gasteiger charge is 2.47. The third-order valence-corrected chi connectivity index (χ3v) is 3.80. The summed E-state index contributed by atoms with van der Waals surface area (Å²) in [5.74, 6) is 0.334. The zero-order chi connectivity index (χ0) is 14.9. The molecule has 2 atom stereocenters. The molecular formula is C17H20O3. The lowest BCUT2D eigenvalue weighted by Gasteiger charge is -2.32. The maximum atomic E-state index is 12.3. The fourth-order valence-corrected chi connectivity index (χ4v) is 2.79. The predicted molar refractivity (Wildman–Crippen MR) is 77.5 cm³/mol. The second-order valence-electron chi connectivity index (χ2n) is 5.70. The predicted octanol–water partition coefficient (Wildman–Crippen LogP) is 3.32. The first kappa shape index (κ1) is 14.5. The molecule has 1 aliphatic rings. The molecule has 20 heavy (non-hydrogen) atoms. The molecule has 0 spiro atoms. The van der Waals surface area contributed by atoms with E-state index >= 15 is 0 Å². The lowest BCUT2D eigenvalue weighted by molar-refractivity contribution is -0.132. The van der Waals surface area contributed by atoms with Crippen LogP contribution in [0.2, 0.25) is 0 Å². The van der Waals surface area contributed by atoms with Gasteiger partial charge < -0.3 is 9.53 Å². The van der Waals surface area contributed by atoms with Crippen molar-refractivity contribution < 1.29 is 14.3 Å². The van der Waals surface area contributed by atoms with Gasteiger partial charge in [0.1, 0.15) is 5.78 Å². The highest BCUT2D eigenvalue weighted by Crippen LogP contribution is 2.40.